The first-order valence-corrected chi connectivity index (χ1v) is 6.67. The van der Waals surface area contributed by atoms with Crippen LogP contribution in [-0.2, 0) is 9.59 Å². The third-order valence-electron chi connectivity index (χ3n) is 3.63. The van der Waals surface area contributed by atoms with Gasteiger partial charge in [-0.3, -0.25) is 14.5 Å². The molecular formula is C12H22N4O2. The van der Waals surface area contributed by atoms with Crippen molar-refractivity contribution < 1.29 is 9.59 Å². The van der Waals surface area contributed by atoms with E-state index in [-0.39, 0.29) is 23.9 Å². The number of amides is 2. The topological polar surface area (TPSA) is 87.5 Å². The van der Waals surface area contributed by atoms with Gasteiger partial charge in [-0.1, -0.05) is 0 Å². The minimum atomic E-state index is 0.0339. The zero-order valence-electron chi connectivity index (χ0n) is 10.7. The van der Waals surface area contributed by atoms with Crippen LogP contribution in [-0.4, -0.2) is 55.0 Å². The quantitative estimate of drug-likeness (QED) is 0.588. The van der Waals surface area contributed by atoms with Gasteiger partial charge in [-0.25, -0.2) is 0 Å². The zero-order valence-corrected chi connectivity index (χ0v) is 10.7. The van der Waals surface area contributed by atoms with Crippen molar-refractivity contribution in [2.24, 2.45) is 5.73 Å². The molecule has 2 heterocycles. The van der Waals surface area contributed by atoms with Gasteiger partial charge in [0, 0.05) is 38.1 Å². The van der Waals surface area contributed by atoms with Crippen LogP contribution < -0.4 is 16.4 Å². The molecule has 2 aliphatic rings. The Morgan fingerprint density at radius 3 is 2.72 bits per heavy atom. The second-order valence-corrected chi connectivity index (χ2v) is 5.22. The van der Waals surface area contributed by atoms with Crippen molar-refractivity contribution in [3.63, 3.8) is 0 Å². The summed E-state index contributed by atoms with van der Waals surface area (Å²) in [5.74, 6) is 0.117. The molecule has 2 saturated heterocycles. The van der Waals surface area contributed by atoms with Crippen LogP contribution in [0.5, 0.6) is 0 Å². The van der Waals surface area contributed by atoms with Crippen LogP contribution in [0.1, 0.15) is 25.7 Å². The summed E-state index contributed by atoms with van der Waals surface area (Å²) in [5.41, 5.74) is 5.81. The molecule has 0 spiro atoms. The summed E-state index contributed by atoms with van der Waals surface area (Å²) in [5, 5.41) is 5.71. The molecule has 0 aromatic carbocycles. The van der Waals surface area contributed by atoms with Crippen LogP contribution in [0.3, 0.4) is 0 Å². The van der Waals surface area contributed by atoms with Crippen molar-refractivity contribution in [1.82, 2.24) is 15.5 Å². The maximum atomic E-state index is 11.7. The molecule has 0 aromatic rings. The fourth-order valence-electron chi connectivity index (χ4n) is 2.44. The Labute approximate surface area is 107 Å². The average Bonchev–Trinajstić information content (AvgIpc) is 2.76. The Hall–Kier alpha value is -1.14. The van der Waals surface area contributed by atoms with Crippen LogP contribution >= 0.6 is 0 Å². The second-order valence-electron chi connectivity index (χ2n) is 5.22. The number of piperidine rings is 1. The highest BCUT2D eigenvalue weighted by molar-refractivity contribution is 5.80. The van der Waals surface area contributed by atoms with Crippen LogP contribution in [0.2, 0.25) is 0 Å². The molecule has 1 atom stereocenters. The Kier molecular flexibility index (Phi) is 4.54. The number of hydrogen-bond acceptors (Lipinski definition) is 4. The van der Waals surface area contributed by atoms with Crippen molar-refractivity contribution in [2.45, 2.75) is 37.8 Å². The van der Waals surface area contributed by atoms with Gasteiger partial charge in [0.25, 0.3) is 0 Å². The second kappa shape index (κ2) is 6.15. The SMILES string of the molecule is NC1CCN(CC(=O)NCC2CCC(=O)N2)CC1. The van der Waals surface area contributed by atoms with Gasteiger partial charge < -0.3 is 16.4 Å². The number of carbonyl (C=O) groups excluding carboxylic acids is 2. The molecule has 0 aliphatic carbocycles. The standard InChI is InChI=1S/C12H22N4O2/c13-9-3-5-16(6-4-9)8-12(18)14-7-10-1-2-11(17)15-10/h9-10H,1-8,13H2,(H,14,18)(H,15,17). The monoisotopic (exact) mass is 254 g/mol. The summed E-state index contributed by atoms with van der Waals surface area (Å²) in [4.78, 5) is 24.9. The normalized spacial score (nSPS) is 26.1. The third-order valence-corrected chi connectivity index (χ3v) is 3.63. The Morgan fingerprint density at radius 1 is 1.39 bits per heavy atom. The molecule has 2 rings (SSSR count). The zero-order chi connectivity index (χ0) is 13.0. The Balaban J connectivity index is 1.61. The third kappa shape index (κ3) is 3.96. The van der Waals surface area contributed by atoms with Gasteiger partial charge in [0.15, 0.2) is 0 Å². The van der Waals surface area contributed by atoms with Crippen molar-refractivity contribution in [3.05, 3.63) is 0 Å². The first-order valence-electron chi connectivity index (χ1n) is 6.67. The maximum absolute atomic E-state index is 11.7. The van der Waals surface area contributed by atoms with E-state index in [0.717, 1.165) is 32.4 Å². The van der Waals surface area contributed by atoms with Gasteiger partial charge in [-0.2, -0.15) is 0 Å². The number of hydrogen-bond donors (Lipinski definition) is 3. The van der Waals surface area contributed by atoms with Gasteiger partial charge >= 0.3 is 0 Å². The van der Waals surface area contributed by atoms with Crippen molar-refractivity contribution in [1.29, 1.82) is 0 Å². The summed E-state index contributed by atoms with van der Waals surface area (Å²) < 4.78 is 0. The Morgan fingerprint density at radius 2 is 2.11 bits per heavy atom. The minimum Gasteiger partial charge on any atom is -0.353 e. The summed E-state index contributed by atoms with van der Waals surface area (Å²) >= 11 is 0. The number of nitrogens with two attached hydrogens (primary N) is 1. The van der Waals surface area contributed by atoms with E-state index in [2.05, 4.69) is 15.5 Å². The molecule has 0 saturated carbocycles. The molecule has 4 N–H and O–H groups in total. The molecule has 2 fully saturated rings. The van der Waals surface area contributed by atoms with Crippen LogP contribution in [0, 0.1) is 0 Å². The molecular weight excluding hydrogens is 232 g/mol. The predicted octanol–water partition coefficient (Wildman–Crippen LogP) is -1.20. The van der Waals surface area contributed by atoms with Gasteiger partial charge in [-0.15, -0.1) is 0 Å². The predicted molar refractivity (Wildman–Crippen MR) is 67.8 cm³/mol. The van der Waals surface area contributed by atoms with E-state index >= 15 is 0 Å². The van der Waals surface area contributed by atoms with Crippen LogP contribution in [0.15, 0.2) is 0 Å². The van der Waals surface area contributed by atoms with E-state index in [1.807, 2.05) is 0 Å². The van der Waals surface area contributed by atoms with E-state index in [4.69, 9.17) is 5.73 Å². The highest BCUT2D eigenvalue weighted by Crippen LogP contribution is 2.07. The fourth-order valence-corrected chi connectivity index (χ4v) is 2.44. The molecule has 6 nitrogen and oxygen atoms in total. The molecule has 2 aliphatic heterocycles. The van der Waals surface area contributed by atoms with Gasteiger partial charge in [0.2, 0.25) is 11.8 Å². The smallest absolute Gasteiger partial charge is 0.234 e. The first kappa shape index (κ1) is 13.3. The first-order chi connectivity index (χ1) is 8.63. The van der Waals surface area contributed by atoms with E-state index in [9.17, 15) is 9.59 Å². The molecule has 102 valence electrons. The maximum Gasteiger partial charge on any atom is 0.234 e. The molecule has 2 amide bonds. The molecule has 0 aromatic heterocycles. The fraction of sp³-hybridized carbons (Fsp3) is 0.833. The highest BCUT2D eigenvalue weighted by atomic mass is 16.2. The van der Waals surface area contributed by atoms with E-state index in [0.29, 0.717) is 19.5 Å². The largest absolute Gasteiger partial charge is 0.353 e. The van der Waals surface area contributed by atoms with E-state index < -0.39 is 0 Å². The number of likely N-dealkylation sites (tertiary alicyclic amines) is 1. The number of nitrogens with one attached hydrogen (secondary N) is 2. The van der Waals surface area contributed by atoms with Crippen molar-refractivity contribution in [2.75, 3.05) is 26.2 Å². The molecule has 6 heteroatoms. The molecule has 0 bridgehead atoms. The number of carbonyl (C=O) groups is 2. The lowest BCUT2D eigenvalue weighted by Crippen LogP contribution is -2.46. The summed E-state index contributed by atoms with van der Waals surface area (Å²) in [6.07, 6.45) is 3.32. The lowest BCUT2D eigenvalue weighted by Gasteiger charge is -2.29. The molecule has 1 unspecified atom stereocenters. The molecule has 0 radical (unpaired) electrons. The van der Waals surface area contributed by atoms with Gasteiger partial charge in [0.1, 0.15) is 0 Å². The molecule has 18 heavy (non-hydrogen) atoms. The number of rotatable bonds is 4. The van der Waals surface area contributed by atoms with Gasteiger partial charge in [0.05, 0.1) is 6.54 Å². The number of nitrogens with zero attached hydrogens (tertiary/aromatic N) is 1. The van der Waals surface area contributed by atoms with Crippen LogP contribution in [0.25, 0.3) is 0 Å². The van der Waals surface area contributed by atoms with E-state index in [1.54, 1.807) is 0 Å². The van der Waals surface area contributed by atoms with Crippen LogP contribution in [0.4, 0.5) is 0 Å². The van der Waals surface area contributed by atoms with E-state index in [1.165, 1.54) is 0 Å². The average molecular weight is 254 g/mol. The van der Waals surface area contributed by atoms with Crippen molar-refractivity contribution >= 4 is 11.8 Å². The lowest BCUT2D eigenvalue weighted by atomic mass is 10.1. The van der Waals surface area contributed by atoms with Crippen molar-refractivity contribution in [3.8, 4) is 0 Å². The summed E-state index contributed by atoms with van der Waals surface area (Å²) in [6.45, 7) is 2.77. The lowest BCUT2D eigenvalue weighted by molar-refractivity contribution is -0.123. The highest BCUT2D eigenvalue weighted by Gasteiger charge is 2.22. The minimum absolute atomic E-state index is 0.0339. The Bertz CT molecular complexity index is 313. The van der Waals surface area contributed by atoms with Gasteiger partial charge in [-0.05, 0) is 19.3 Å². The summed E-state index contributed by atoms with van der Waals surface area (Å²) in [7, 11) is 0. The summed E-state index contributed by atoms with van der Waals surface area (Å²) in [6, 6.07) is 0.397.